The van der Waals surface area contributed by atoms with E-state index in [1.165, 1.54) is 37.9 Å². The van der Waals surface area contributed by atoms with E-state index in [-0.39, 0.29) is 0 Å². The first-order valence-electron chi connectivity index (χ1n) is 11.0. The van der Waals surface area contributed by atoms with Crippen LogP contribution in [0.4, 0.5) is 0 Å². The Labute approximate surface area is 180 Å². The van der Waals surface area contributed by atoms with E-state index < -0.39 is 0 Å². The van der Waals surface area contributed by atoms with Crippen LogP contribution < -0.4 is 0 Å². The first-order valence-corrected chi connectivity index (χ1v) is 11.0. The van der Waals surface area contributed by atoms with E-state index in [2.05, 4.69) is 49.1 Å². The fraction of sp³-hybridized carbons (Fsp3) is 0.333. The lowest BCUT2D eigenvalue weighted by Gasteiger charge is -2.30. The predicted octanol–water partition coefficient (Wildman–Crippen LogP) is 4.28. The lowest BCUT2D eigenvalue weighted by atomic mass is 10.1. The Bertz CT molecular complexity index is 1170. The van der Waals surface area contributed by atoms with E-state index in [1.807, 2.05) is 18.3 Å². The third-order valence-electron chi connectivity index (χ3n) is 6.14. The fourth-order valence-corrected chi connectivity index (χ4v) is 4.05. The lowest BCUT2D eigenvalue weighted by Crippen LogP contribution is -2.36. The Hall–Kier alpha value is -3.32. The SMILES string of the molecule is c1cc(-c2c(-c3nc(-c4ccc(CN5CCC5)cc4)no3)cnn2CC2CC2)ccn1. The van der Waals surface area contributed by atoms with Crippen molar-refractivity contribution in [1.29, 1.82) is 0 Å². The number of nitrogens with zero attached hydrogens (tertiary/aromatic N) is 6. The molecule has 31 heavy (non-hydrogen) atoms. The molecule has 0 N–H and O–H groups in total. The normalized spacial score (nSPS) is 16.4. The summed E-state index contributed by atoms with van der Waals surface area (Å²) < 4.78 is 7.75. The summed E-state index contributed by atoms with van der Waals surface area (Å²) >= 11 is 0. The maximum atomic E-state index is 5.68. The van der Waals surface area contributed by atoms with Crippen LogP contribution >= 0.6 is 0 Å². The van der Waals surface area contributed by atoms with Gasteiger partial charge in [0.25, 0.3) is 5.89 Å². The molecule has 1 aliphatic carbocycles. The molecule has 0 unspecified atom stereocenters. The van der Waals surface area contributed by atoms with Crippen molar-refractivity contribution in [1.82, 2.24) is 29.8 Å². The zero-order valence-corrected chi connectivity index (χ0v) is 17.3. The number of rotatable bonds is 7. The minimum Gasteiger partial charge on any atom is -0.333 e. The molecule has 156 valence electrons. The quantitative estimate of drug-likeness (QED) is 0.451. The number of hydrogen-bond donors (Lipinski definition) is 0. The second-order valence-electron chi connectivity index (χ2n) is 8.52. The molecule has 0 radical (unpaired) electrons. The Balaban J connectivity index is 1.30. The number of pyridine rings is 1. The number of benzene rings is 1. The zero-order chi connectivity index (χ0) is 20.6. The molecule has 2 fully saturated rings. The second kappa shape index (κ2) is 7.74. The van der Waals surface area contributed by atoms with Crippen LogP contribution in [-0.4, -0.2) is 42.9 Å². The van der Waals surface area contributed by atoms with Gasteiger partial charge in [-0.15, -0.1) is 0 Å². The largest absolute Gasteiger partial charge is 0.333 e. The number of hydrogen-bond acceptors (Lipinski definition) is 6. The van der Waals surface area contributed by atoms with E-state index in [4.69, 9.17) is 9.51 Å². The summed E-state index contributed by atoms with van der Waals surface area (Å²) in [7, 11) is 0. The average molecular weight is 412 g/mol. The van der Waals surface area contributed by atoms with Crippen LogP contribution in [0.25, 0.3) is 34.1 Å². The summed E-state index contributed by atoms with van der Waals surface area (Å²) in [6.45, 7) is 4.32. The first-order chi connectivity index (χ1) is 15.3. The molecule has 7 heteroatoms. The molecule has 6 rings (SSSR count). The van der Waals surface area contributed by atoms with Crippen LogP contribution in [0, 0.1) is 5.92 Å². The molecule has 3 aromatic heterocycles. The third-order valence-corrected chi connectivity index (χ3v) is 6.14. The molecule has 1 aliphatic heterocycles. The van der Waals surface area contributed by atoms with Gasteiger partial charge in [0.15, 0.2) is 0 Å². The second-order valence-corrected chi connectivity index (χ2v) is 8.52. The fourth-order valence-electron chi connectivity index (χ4n) is 4.05. The summed E-state index contributed by atoms with van der Waals surface area (Å²) in [4.78, 5) is 11.3. The van der Waals surface area contributed by atoms with Crippen LogP contribution in [-0.2, 0) is 13.1 Å². The number of likely N-dealkylation sites (tertiary alicyclic amines) is 1. The van der Waals surface area contributed by atoms with Gasteiger partial charge in [-0.25, -0.2) is 0 Å². The Morgan fingerprint density at radius 2 is 1.77 bits per heavy atom. The minimum atomic E-state index is 0.494. The van der Waals surface area contributed by atoms with Gasteiger partial charge in [-0.05, 0) is 56.0 Å². The molecule has 2 aliphatic rings. The molecule has 7 nitrogen and oxygen atoms in total. The van der Waals surface area contributed by atoms with E-state index in [1.54, 1.807) is 12.4 Å². The highest BCUT2D eigenvalue weighted by atomic mass is 16.5. The van der Waals surface area contributed by atoms with Crippen molar-refractivity contribution in [2.45, 2.75) is 32.4 Å². The van der Waals surface area contributed by atoms with E-state index in [0.29, 0.717) is 17.6 Å². The predicted molar refractivity (Wildman–Crippen MR) is 117 cm³/mol. The Morgan fingerprint density at radius 3 is 2.48 bits per heavy atom. The summed E-state index contributed by atoms with van der Waals surface area (Å²) in [6.07, 6.45) is 9.28. The van der Waals surface area contributed by atoms with Gasteiger partial charge in [-0.2, -0.15) is 10.1 Å². The van der Waals surface area contributed by atoms with Crippen LogP contribution in [0.15, 0.2) is 59.5 Å². The van der Waals surface area contributed by atoms with Gasteiger partial charge >= 0.3 is 0 Å². The molecule has 1 aromatic carbocycles. The maximum absolute atomic E-state index is 5.68. The van der Waals surface area contributed by atoms with Crippen molar-refractivity contribution in [2.24, 2.45) is 5.92 Å². The van der Waals surface area contributed by atoms with Gasteiger partial charge in [0.2, 0.25) is 5.82 Å². The Kier molecular flexibility index (Phi) is 4.61. The van der Waals surface area contributed by atoms with Crippen molar-refractivity contribution < 1.29 is 4.52 Å². The van der Waals surface area contributed by atoms with Crippen molar-refractivity contribution in [2.75, 3.05) is 13.1 Å². The highest BCUT2D eigenvalue weighted by Crippen LogP contribution is 2.36. The Morgan fingerprint density at radius 1 is 0.968 bits per heavy atom. The summed E-state index contributed by atoms with van der Waals surface area (Å²) in [5.74, 6) is 1.80. The molecule has 0 spiro atoms. The van der Waals surface area contributed by atoms with Gasteiger partial charge in [-0.1, -0.05) is 29.4 Å². The minimum absolute atomic E-state index is 0.494. The highest BCUT2D eigenvalue weighted by Gasteiger charge is 2.26. The van der Waals surface area contributed by atoms with E-state index >= 15 is 0 Å². The monoisotopic (exact) mass is 412 g/mol. The van der Waals surface area contributed by atoms with E-state index in [9.17, 15) is 0 Å². The molecule has 0 bridgehead atoms. The first kappa shape index (κ1) is 18.4. The summed E-state index contributed by atoms with van der Waals surface area (Å²) in [6, 6.07) is 12.4. The van der Waals surface area contributed by atoms with E-state index in [0.717, 1.165) is 35.5 Å². The topological polar surface area (TPSA) is 72.9 Å². The molecule has 1 saturated carbocycles. The summed E-state index contributed by atoms with van der Waals surface area (Å²) in [5.41, 5.74) is 5.19. The maximum Gasteiger partial charge on any atom is 0.262 e. The van der Waals surface area contributed by atoms with Gasteiger partial charge in [0, 0.05) is 36.6 Å². The standard InChI is InChI=1S/C24H24N6O/c1-12-29(13-1)15-17-4-6-20(7-5-17)23-27-24(31-28-23)21-14-26-30(16-18-2-3-18)22(21)19-8-10-25-11-9-19/h4-11,14,18H,1-3,12-13,15-16H2. The molecule has 0 atom stereocenters. The van der Waals surface area contributed by atoms with Gasteiger partial charge in [-0.3, -0.25) is 14.6 Å². The van der Waals surface area contributed by atoms with Crippen LogP contribution in [0.3, 0.4) is 0 Å². The van der Waals surface area contributed by atoms with Crippen molar-refractivity contribution in [3.63, 3.8) is 0 Å². The van der Waals surface area contributed by atoms with Crippen molar-refractivity contribution in [3.05, 3.63) is 60.6 Å². The van der Waals surface area contributed by atoms with Gasteiger partial charge < -0.3 is 4.52 Å². The number of aromatic nitrogens is 5. The van der Waals surface area contributed by atoms with Crippen molar-refractivity contribution >= 4 is 0 Å². The highest BCUT2D eigenvalue weighted by molar-refractivity contribution is 5.77. The smallest absolute Gasteiger partial charge is 0.262 e. The summed E-state index contributed by atoms with van der Waals surface area (Å²) in [5, 5.41) is 8.90. The molecule has 4 heterocycles. The van der Waals surface area contributed by atoms with Crippen LogP contribution in [0.2, 0.25) is 0 Å². The van der Waals surface area contributed by atoms with Gasteiger partial charge in [0.1, 0.15) is 0 Å². The van der Waals surface area contributed by atoms with Crippen molar-refractivity contribution in [3.8, 4) is 34.1 Å². The molecule has 1 saturated heterocycles. The van der Waals surface area contributed by atoms with Gasteiger partial charge in [0.05, 0.1) is 17.5 Å². The lowest BCUT2D eigenvalue weighted by molar-refractivity contribution is 0.172. The molecule has 4 aromatic rings. The third kappa shape index (κ3) is 3.77. The molecule has 0 amide bonds. The zero-order valence-electron chi connectivity index (χ0n) is 17.3. The molecular formula is C24H24N6O. The molecular weight excluding hydrogens is 388 g/mol. The van der Waals surface area contributed by atoms with Crippen LogP contribution in [0.1, 0.15) is 24.8 Å². The average Bonchev–Trinajstić information content (AvgIpc) is 3.29. The van der Waals surface area contributed by atoms with Crippen LogP contribution in [0.5, 0.6) is 0 Å².